The first-order valence-electron chi connectivity index (χ1n) is 8.83. The molecule has 1 aliphatic rings. The molecule has 0 radical (unpaired) electrons. The lowest BCUT2D eigenvalue weighted by atomic mass is 10.1. The van der Waals surface area contributed by atoms with Crippen molar-refractivity contribution in [1.29, 1.82) is 0 Å². The van der Waals surface area contributed by atoms with E-state index in [1.807, 2.05) is 6.92 Å². The maximum atomic E-state index is 12.5. The highest BCUT2D eigenvalue weighted by Crippen LogP contribution is 2.10. The molecule has 0 aliphatic carbocycles. The number of Topliss-reactive ketones (excluding diaryl/α,β-unsaturated/α-hetero) is 1. The Balaban J connectivity index is 1.53. The lowest BCUT2D eigenvalue weighted by Crippen LogP contribution is -3.19. The zero-order valence-electron chi connectivity index (χ0n) is 15.1. The predicted octanol–water partition coefficient (Wildman–Crippen LogP) is 0.411. The number of quaternary nitrogens is 1. The van der Waals surface area contributed by atoms with E-state index in [1.54, 1.807) is 42.7 Å². The van der Waals surface area contributed by atoms with Gasteiger partial charge in [0.1, 0.15) is 0 Å². The molecule has 7 heteroatoms. The lowest BCUT2D eigenvalue weighted by molar-refractivity contribution is -0.914. The second kappa shape index (κ2) is 8.05. The van der Waals surface area contributed by atoms with Crippen LogP contribution in [0.3, 0.4) is 0 Å². The summed E-state index contributed by atoms with van der Waals surface area (Å²) in [5.41, 5.74) is 1.35. The van der Waals surface area contributed by atoms with Crippen molar-refractivity contribution < 1.29 is 14.5 Å². The highest BCUT2D eigenvalue weighted by molar-refractivity contribution is 5.96. The average Bonchev–Trinajstić information content (AvgIpc) is 2.68. The largest absolute Gasteiger partial charge is 0.330 e. The number of nitrogens with one attached hydrogen (secondary N) is 2. The van der Waals surface area contributed by atoms with Gasteiger partial charge in [-0.2, -0.15) is 0 Å². The van der Waals surface area contributed by atoms with Crippen molar-refractivity contribution in [1.82, 2.24) is 9.97 Å². The Morgan fingerprint density at radius 1 is 1.12 bits per heavy atom. The van der Waals surface area contributed by atoms with Crippen molar-refractivity contribution in [2.45, 2.75) is 19.9 Å². The molecule has 1 aliphatic heterocycles. The van der Waals surface area contributed by atoms with Gasteiger partial charge in [0.2, 0.25) is 5.95 Å². The minimum atomic E-state index is -0.152. The van der Waals surface area contributed by atoms with E-state index in [2.05, 4.69) is 20.2 Å². The molecule has 0 bridgehead atoms. The third-order valence-corrected chi connectivity index (χ3v) is 4.81. The number of hydrogen-bond acceptors (Lipinski definition) is 5. The number of piperazine rings is 1. The molecule has 26 heavy (non-hydrogen) atoms. The molecule has 1 aromatic heterocycles. The number of anilines is 2. The highest BCUT2D eigenvalue weighted by atomic mass is 16.2. The van der Waals surface area contributed by atoms with Gasteiger partial charge in [0, 0.05) is 23.6 Å². The minimum Gasteiger partial charge on any atom is -0.330 e. The topological polar surface area (TPSA) is 79.6 Å². The molecule has 1 aromatic carbocycles. The number of ketones is 1. The SMILES string of the molecule is CC(=O)c1ccc(NC(=O)[C@H](C)[NH+]2CCN(c3ncccn3)CC2)cc1. The predicted molar refractivity (Wildman–Crippen MR) is 99.5 cm³/mol. The molecule has 0 spiro atoms. The first-order chi connectivity index (χ1) is 12.5. The number of hydrogen-bond donors (Lipinski definition) is 2. The Hall–Kier alpha value is -2.80. The van der Waals surface area contributed by atoms with Crippen LogP contribution in [0.2, 0.25) is 0 Å². The van der Waals surface area contributed by atoms with Crippen LogP contribution in [0.1, 0.15) is 24.2 Å². The monoisotopic (exact) mass is 354 g/mol. The Morgan fingerprint density at radius 2 is 1.73 bits per heavy atom. The van der Waals surface area contributed by atoms with E-state index in [1.165, 1.54) is 11.8 Å². The Kier molecular flexibility index (Phi) is 5.58. The van der Waals surface area contributed by atoms with E-state index < -0.39 is 0 Å². The van der Waals surface area contributed by atoms with Gasteiger partial charge in [0.15, 0.2) is 11.8 Å². The van der Waals surface area contributed by atoms with Gasteiger partial charge in [-0.25, -0.2) is 9.97 Å². The van der Waals surface area contributed by atoms with Crippen LogP contribution in [0.4, 0.5) is 11.6 Å². The smallest absolute Gasteiger partial charge is 0.282 e. The fourth-order valence-electron chi connectivity index (χ4n) is 3.11. The summed E-state index contributed by atoms with van der Waals surface area (Å²) in [6.07, 6.45) is 3.49. The molecule has 2 aromatic rings. The van der Waals surface area contributed by atoms with Crippen LogP contribution < -0.4 is 15.1 Å². The molecule has 136 valence electrons. The van der Waals surface area contributed by atoms with E-state index in [0.717, 1.165) is 32.1 Å². The normalized spacial score (nSPS) is 16.2. The first kappa shape index (κ1) is 18.0. The van der Waals surface area contributed by atoms with E-state index in [0.29, 0.717) is 11.3 Å². The summed E-state index contributed by atoms with van der Waals surface area (Å²) in [7, 11) is 0. The summed E-state index contributed by atoms with van der Waals surface area (Å²) in [5, 5.41) is 2.94. The second-order valence-electron chi connectivity index (χ2n) is 6.54. The van der Waals surface area contributed by atoms with Crippen molar-refractivity contribution in [3.05, 3.63) is 48.3 Å². The zero-order valence-corrected chi connectivity index (χ0v) is 15.1. The molecule has 0 unspecified atom stereocenters. The van der Waals surface area contributed by atoms with Crippen molar-refractivity contribution in [2.75, 3.05) is 36.4 Å². The quantitative estimate of drug-likeness (QED) is 0.761. The molecule has 1 fully saturated rings. The Morgan fingerprint density at radius 3 is 2.31 bits per heavy atom. The van der Waals surface area contributed by atoms with Gasteiger partial charge in [-0.3, -0.25) is 9.59 Å². The van der Waals surface area contributed by atoms with Gasteiger partial charge >= 0.3 is 0 Å². The van der Waals surface area contributed by atoms with E-state index in [4.69, 9.17) is 0 Å². The summed E-state index contributed by atoms with van der Waals surface area (Å²) in [4.78, 5) is 35.8. The lowest BCUT2D eigenvalue weighted by Gasteiger charge is -2.34. The maximum absolute atomic E-state index is 12.5. The third-order valence-electron chi connectivity index (χ3n) is 4.81. The van der Waals surface area contributed by atoms with Crippen LogP contribution in [0.25, 0.3) is 0 Å². The summed E-state index contributed by atoms with van der Waals surface area (Å²) >= 11 is 0. The van der Waals surface area contributed by atoms with Crippen molar-refractivity contribution in [3.8, 4) is 0 Å². The fraction of sp³-hybridized carbons (Fsp3) is 0.368. The number of aromatic nitrogens is 2. The molecule has 0 saturated carbocycles. The van der Waals surface area contributed by atoms with Gasteiger partial charge < -0.3 is 15.1 Å². The first-order valence-corrected chi connectivity index (χ1v) is 8.83. The number of carbonyl (C=O) groups is 2. The van der Waals surface area contributed by atoms with E-state index in [9.17, 15) is 9.59 Å². The molecule has 1 amide bonds. The molecule has 2 N–H and O–H groups in total. The number of carbonyl (C=O) groups excluding carboxylic acids is 2. The van der Waals surface area contributed by atoms with Crippen LogP contribution in [-0.4, -0.2) is 53.9 Å². The zero-order chi connectivity index (χ0) is 18.5. The molecule has 1 atom stereocenters. The van der Waals surface area contributed by atoms with Gasteiger partial charge in [-0.15, -0.1) is 0 Å². The van der Waals surface area contributed by atoms with Crippen LogP contribution in [0.5, 0.6) is 0 Å². The van der Waals surface area contributed by atoms with Crippen molar-refractivity contribution in [2.24, 2.45) is 0 Å². The molecule has 7 nitrogen and oxygen atoms in total. The van der Waals surface area contributed by atoms with Gasteiger partial charge in [-0.05, 0) is 44.2 Å². The fourth-order valence-corrected chi connectivity index (χ4v) is 3.11. The van der Waals surface area contributed by atoms with Crippen LogP contribution in [-0.2, 0) is 4.79 Å². The summed E-state index contributed by atoms with van der Waals surface area (Å²) in [6, 6.07) is 8.65. The molecular formula is C19H24N5O2+. The number of amides is 1. The maximum Gasteiger partial charge on any atom is 0.282 e. The highest BCUT2D eigenvalue weighted by Gasteiger charge is 2.29. The van der Waals surface area contributed by atoms with Crippen molar-refractivity contribution >= 4 is 23.3 Å². The average molecular weight is 354 g/mol. The third kappa shape index (κ3) is 4.23. The summed E-state index contributed by atoms with van der Waals surface area (Å²) in [6.45, 7) is 6.84. The second-order valence-corrected chi connectivity index (χ2v) is 6.54. The Labute approximate surface area is 153 Å². The number of rotatable bonds is 5. The van der Waals surface area contributed by atoms with Crippen LogP contribution >= 0.6 is 0 Å². The number of nitrogens with zero attached hydrogens (tertiary/aromatic N) is 3. The molecule has 1 saturated heterocycles. The van der Waals surface area contributed by atoms with Gasteiger partial charge in [0.25, 0.3) is 5.91 Å². The number of benzene rings is 1. The summed E-state index contributed by atoms with van der Waals surface area (Å²) < 4.78 is 0. The molecule has 2 heterocycles. The standard InChI is InChI=1S/C19H23N5O2/c1-14(18(26)22-17-6-4-16(5-7-17)15(2)25)23-10-12-24(13-11-23)19-20-8-3-9-21-19/h3-9,14H,10-13H2,1-2H3,(H,22,26)/p+1/t14-/m0/s1. The molecule has 3 rings (SSSR count). The van der Waals surface area contributed by atoms with Crippen LogP contribution in [0.15, 0.2) is 42.7 Å². The van der Waals surface area contributed by atoms with E-state index >= 15 is 0 Å². The van der Waals surface area contributed by atoms with Gasteiger partial charge in [0.05, 0.1) is 26.2 Å². The van der Waals surface area contributed by atoms with Crippen molar-refractivity contribution in [3.63, 3.8) is 0 Å². The Bertz CT molecular complexity index is 755. The van der Waals surface area contributed by atoms with Crippen LogP contribution in [0, 0.1) is 0 Å². The minimum absolute atomic E-state index is 0.0139. The van der Waals surface area contributed by atoms with Gasteiger partial charge in [-0.1, -0.05) is 0 Å². The molecular weight excluding hydrogens is 330 g/mol. The summed E-state index contributed by atoms with van der Waals surface area (Å²) in [5.74, 6) is 0.746. The van der Waals surface area contributed by atoms with E-state index in [-0.39, 0.29) is 17.7 Å².